The Labute approximate surface area is 166 Å². The van der Waals surface area contributed by atoms with Crippen LogP contribution in [-0.2, 0) is 0 Å². The minimum Gasteiger partial charge on any atom is -0.284 e. The van der Waals surface area contributed by atoms with Gasteiger partial charge in [0.05, 0.1) is 19.8 Å². The quantitative estimate of drug-likeness (QED) is 0.540. The highest BCUT2D eigenvalue weighted by molar-refractivity contribution is 6.15. The van der Waals surface area contributed by atoms with Gasteiger partial charge >= 0.3 is 0 Å². The van der Waals surface area contributed by atoms with Crippen molar-refractivity contribution >= 4 is 23.2 Å². The number of aliphatic imine (C=N–C) groups is 1. The zero-order chi connectivity index (χ0) is 19.1. The summed E-state index contributed by atoms with van der Waals surface area (Å²) >= 11 is 0. The van der Waals surface area contributed by atoms with Gasteiger partial charge in [-0.1, -0.05) is 12.1 Å². The zero-order valence-electron chi connectivity index (χ0n) is 16.4. The molecule has 3 heterocycles. The number of para-hydroxylation sites is 1. The molecule has 2 aliphatic heterocycles. The molecule has 5 rings (SSSR count). The number of hydrogen-bond donors (Lipinski definition) is 0. The summed E-state index contributed by atoms with van der Waals surface area (Å²) < 4.78 is 0.796. The van der Waals surface area contributed by atoms with Crippen LogP contribution >= 0.6 is 0 Å². The highest BCUT2D eigenvalue weighted by Gasteiger charge is 2.36. The molecule has 0 bridgehead atoms. The van der Waals surface area contributed by atoms with Gasteiger partial charge in [0.2, 0.25) is 0 Å². The fraction of sp³-hybridized carbons (Fsp3) is 0.200. The molecule has 3 aromatic rings. The third kappa shape index (κ3) is 2.71. The molecule has 0 amide bonds. The van der Waals surface area contributed by atoms with E-state index in [1.54, 1.807) is 0 Å². The van der Waals surface area contributed by atoms with E-state index in [0.717, 1.165) is 35.1 Å². The molecule has 0 atom stereocenters. The summed E-state index contributed by atoms with van der Waals surface area (Å²) in [4.78, 5) is 9.09. The summed E-state index contributed by atoms with van der Waals surface area (Å²) in [7, 11) is 4.52. The average molecular weight is 366 g/mol. The van der Waals surface area contributed by atoms with Crippen molar-refractivity contribution in [2.75, 3.05) is 20.6 Å². The van der Waals surface area contributed by atoms with Gasteiger partial charge in [0.1, 0.15) is 11.4 Å². The first-order valence-electron chi connectivity index (χ1n) is 9.89. The van der Waals surface area contributed by atoms with Crippen LogP contribution in [0.5, 0.6) is 0 Å². The highest BCUT2D eigenvalue weighted by atomic mass is 15.3. The van der Waals surface area contributed by atoms with Gasteiger partial charge in [-0.15, -0.1) is 0 Å². The summed E-state index contributed by atoms with van der Waals surface area (Å²) in [6.45, 7) is 0.894. The third-order valence-electron chi connectivity index (χ3n) is 5.87. The van der Waals surface area contributed by atoms with Crippen molar-refractivity contribution in [2.24, 2.45) is 4.99 Å². The topological polar surface area (TPSA) is 25.2 Å². The Kier molecular flexibility index (Phi) is 3.99. The first-order chi connectivity index (χ1) is 13.6. The van der Waals surface area contributed by atoms with Crippen molar-refractivity contribution in [3.8, 4) is 11.1 Å². The smallest absolute Gasteiger partial charge is 0.145 e. The molecular weight excluding hydrogens is 342 g/mol. The number of aromatic nitrogens is 1. The number of benzene rings is 2. The van der Waals surface area contributed by atoms with Crippen LogP contribution in [0.15, 0.2) is 77.6 Å². The molecule has 0 unspecified atom stereocenters. The largest absolute Gasteiger partial charge is 0.284 e. The number of nitrogens with zero attached hydrogens (tertiary/aromatic N) is 3. The first kappa shape index (κ1) is 17.1. The Morgan fingerprint density at radius 2 is 1.79 bits per heavy atom. The molecule has 0 fully saturated rings. The van der Waals surface area contributed by atoms with Gasteiger partial charge in [0, 0.05) is 47.8 Å². The Bertz CT molecular complexity index is 1110. The fourth-order valence-corrected chi connectivity index (χ4v) is 4.47. The average Bonchev–Trinajstić information content (AvgIpc) is 2.96. The van der Waals surface area contributed by atoms with Crippen LogP contribution in [0.25, 0.3) is 17.2 Å². The monoisotopic (exact) mass is 366 g/mol. The SMILES string of the molecule is C[N+]1(C)c2ccccc2-c2cc(C=C3CCCN=C3c3cccnc3)ccc21. The van der Waals surface area contributed by atoms with E-state index in [0.29, 0.717) is 0 Å². The number of fused-ring (bicyclic) bond motifs is 3. The lowest BCUT2D eigenvalue weighted by Gasteiger charge is -2.24. The molecule has 0 saturated carbocycles. The maximum atomic E-state index is 4.81. The number of pyridine rings is 1. The summed E-state index contributed by atoms with van der Waals surface area (Å²) in [5.41, 5.74) is 10.1. The summed E-state index contributed by atoms with van der Waals surface area (Å²) in [5, 5.41) is 0. The van der Waals surface area contributed by atoms with Gasteiger partial charge in [-0.2, -0.15) is 0 Å². The molecular formula is C25H24N3+. The summed E-state index contributed by atoms with van der Waals surface area (Å²) in [6, 6.07) is 19.7. The molecule has 0 N–H and O–H groups in total. The fourth-order valence-electron chi connectivity index (χ4n) is 4.47. The molecule has 138 valence electrons. The highest BCUT2D eigenvalue weighted by Crippen LogP contribution is 2.50. The van der Waals surface area contributed by atoms with Gasteiger partial charge in [-0.05, 0) is 60.4 Å². The third-order valence-corrected chi connectivity index (χ3v) is 5.87. The predicted molar refractivity (Wildman–Crippen MR) is 118 cm³/mol. The molecule has 2 aliphatic rings. The normalized spacial score (nSPS) is 18.5. The van der Waals surface area contributed by atoms with E-state index in [1.807, 2.05) is 18.5 Å². The second-order valence-electron chi connectivity index (χ2n) is 7.99. The molecule has 28 heavy (non-hydrogen) atoms. The van der Waals surface area contributed by atoms with E-state index in [-0.39, 0.29) is 0 Å². The molecule has 0 radical (unpaired) electrons. The van der Waals surface area contributed by atoms with E-state index in [1.165, 1.54) is 33.6 Å². The standard InChI is InChI=1S/C25H24N3/c1-28(2)23-10-4-3-9-21(23)22-16-18(11-12-24(22)28)15-19-7-6-14-27-25(19)20-8-5-13-26-17-20/h3-5,8-13,15-17H,6-7,14H2,1-2H3/q+1. The van der Waals surface area contributed by atoms with Crippen LogP contribution < -0.4 is 4.48 Å². The van der Waals surface area contributed by atoms with Crippen molar-refractivity contribution in [2.45, 2.75) is 12.8 Å². The minimum absolute atomic E-state index is 0.796. The van der Waals surface area contributed by atoms with Crippen molar-refractivity contribution in [1.82, 2.24) is 9.47 Å². The lowest BCUT2D eigenvalue weighted by Crippen LogP contribution is -2.31. The summed E-state index contributed by atoms with van der Waals surface area (Å²) in [6.07, 6.45) is 8.20. The lowest BCUT2D eigenvalue weighted by molar-refractivity contribution is 0.568. The van der Waals surface area contributed by atoms with Crippen LogP contribution in [0.4, 0.5) is 11.4 Å². The Balaban J connectivity index is 1.59. The van der Waals surface area contributed by atoms with Crippen LogP contribution in [0.2, 0.25) is 0 Å². The molecule has 2 aromatic carbocycles. The maximum Gasteiger partial charge on any atom is 0.145 e. The minimum atomic E-state index is 0.796. The summed E-state index contributed by atoms with van der Waals surface area (Å²) in [5.74, 6) is 0. The van der Waals surface area contributed by atoms with Gasteiger partial charge in [0.25, 0.3) is 0 Å². The molecule has 3 nitrogen and oxygen atoms in total. The molecule has 3 heteroatoms. The Morgan fingerprint density at radius 3 is 2.64 bits per heavy atom. The number of quaternary nitrogens is 1. The van der Waals surface area contributed by atoms with Gasteiger partial charge in [0.15, 0.2) is 0 Å². The van der Waals surface area contributed by atoms with E-state index in [9.17, 15) is 0 Å². The molecule has 0 saturated heterocycles. The first-order valence-corrected chi connectivity index (χ1v) is 9.89. The predicted octanol–water partition coefficient (Wildman–Crippen LogP) is 5.63. The number of allylic oxidation sites excluding steroid dienone is 1. The Morgan fingerprint density at radius 1 is 0.929 bits per heavy atom. The molecule has 1 aromatic heterocycles. The van der Waals surface area contributed by atoms with E-state index >= 15 is 0 Å². The Hall–Kier alpha value is -3.04. The second-order valence-corrected chi connectivity index (χ2v) is 7.99. The van der Waals surface area contributed by atoms with Crippen molar-refractivity contribution < 1.29 is 0 Å². The van der Waals surface area contributed by atoms with Gasteiger partial charge < -0.3 is 0 Å². The second kappa shape index (κ2) is 6.54. The van der Waals surface area contributed by atoms with Crippen molar-refractivity contribution in [3.63, 3.8) is 0 Å². The van der Waals surface area contributed by atoms with Crippen molar-refractivity contribution in [3.05, 3.63) is 83.7 Å². The molecule has 0 spiro atoms. The van der Waals surface area contributed by atoms with E-state index in [4.69, 9.17) is 4.99 Å². The van der Waals surface area contributed by atoms with E-state index < -0.39 is 0 Å². The van der Waals surface area contributed by atoms with E-state index in [2.05, 4.69) is 73.7 Å². The molecule has 0 aliphatic carbocycles. The van der Waals surface area contributed by atoms with Crippen LogP contribution in [0.3, 0.4) is 0 Å². The maximum absolute atomic E-state index is 4.81. The van der Waals surface area contributed by atoms with Crippen LogP contribution in [-0.4, -0.2) is 31.3 Å². The number of rotatable bonds is 2. The van der Waals surface area contributed by atoms with Gasteiger partial charge in [-0.25, -0.2) is 0 Å². The van der Waals surface area contributed by atoms with Gasteiger partial charge in [-0.3, -0.25) is 14.5 Å². The number of hydrogen-bond acceptors (Lipinski definition) is 2. The zero-order valence-corrected chi connectivity index (χ0v) is 16.4. The van der Waals surface area contributed by atoms with Crippen LogP contribution in [0, 0.1) is 0 Å². The van der Waals surface area contributed by atoms with Crippen molar-refractivity contribution in [1.29, 1.82) is 0 Å². The lowest BCUT2D eigenvalue weighted by atomic mass is 9.94. The van der Waals surface area contributed by atoms with Crippen LogP contribution in [0.1, 0.15) is 24.0 Å².